The molecule has 0 aliphatic rings. The van der Waals surface area contributed by atoms with Gasteiger partial charge in [0.05, 0.1) is 4.90 Å². The van der Waals surface area contributed by atoms with Gasteiger partial charge in [-0.3, -0.25) is 0 Å². The second-order valence-electron chi connectivity index (χ2n) is 2.71. The third kappa shape index (κ3) is 2.54. The first-order valence-corrected chi connectivity index (χ1v) is 7.07. The lowest BCUT2D eigenvalue weighted by Crippen LogP contribution is -2.20. The molecule has 0 bridgehead atoms. The van der Waals surface area contributed by atoms with Gasteiger partial charge in [-0.25, -0.2) is 13.1 Å². The molecule has 0 aromatic heterocycles. The predicted molar refractivity (Wildman–Crippen MR) is 64.7 cm³/mol. The van der Waals surface area contributed by atoms with Crippen molar-refractivity contribution in [1.29, 1.82) is 0 Å². The molecule has 0 saturated carbocycles. The molecule has 1 N–H and O–H groups in total. The molecule has 0 aliphatic carbocycles. The van der Waals surface area contributed by atoms with E-state index in [4.69, 9.17) is 0 Å². The molecule has 0 saturated heterocycles. The Bertz CT molecular complexity index is 433. The van der Waals surface area contributed by atoms with Crippen molar-refractivity contribution in [1.82, 2.24) is 4.72 Å². The maximum atomic E-state index is 11.6. The highest BCUT2D eigenvalue weighted by Crippen LogP contribution is 2.17. The third-order valence-corrected chi connectivity index (χ3v) is 4.25. The van der Waals surface area contributed by atoms with Gasteiger partial charge in [0, 0.05) is 5.33 Å². The summed E-state index contributed by atoms with van der Waals surface area (Å²) in [6, 6.07) is 5.28. The number of hydrogen-bond donors (Lipinski definition) is 1. The van der Waals surface area contributed by atoms with Crippen LogP contribution in [0.15, 0.2) is 23.1 Å². The Kier molecular flexibility index (Phi) is 4.07. The van der Waals surface area contributed by atoms with Crippen LogP contribution in [0.1, 0.15) is 5.56 Å². The van der Waals surface area contributed by atoms with E-state index in [0.717, 1.165) is 10.9 Å². The molecule has 1 atom stereocenters. The SMILES string of the molecule is CNS(=O)(=O)c1cc(P)ccc1CBr. The van der Waals surface area contributed by atoms with Crippen LogP contribution in [0, 0.1) is 0 Å². The highest BCUT2D eigenvalue weighted by Gasteiger charge is 2.15. The van der Waals surface area contributed by atoms with Crippen molar-refractivity contribution in [2.75, 3.05) is 7.05 Å². The number of rotatable bonds is 3. The Balaban J connectivity index is 3.39. The molecular weight excluding hydrogens is 285 g/mol. The van der Waals surface area contributed by atoms with E-state index < -0.39 is 10.0 Å². The minimum atomic E-state index is -3.36. The van der Waals surface area contributed by atoms with Crippen LogP contribution < -0.4 is 10.0 Å². The van der Waals surface area contributed by atoms with Crippen LogP contribution >= 0.6 is 25.2 Å². The van der Waals surface area contributed by atoms with Crippen molar-refractivity contribution in [3.05, 3.63) is 23.8 Å². The van der Waals surface area contributed by atoms with Crippen LogP contribution in [-0.2, 0) is 15.4 Å². The lowest BCUT2D eigenvalue weighted by Gasteiger charge is -2.08. The average molecular weight is 296 g/mol. The largest absolute Gasteiger partial charge is 0.240 e. The standard InChI is InChI=1S/C8H11BrNO2PS/c1-10-14(11,12)8-4-7(13)3-2-6(8)5-9/h2-4,10H,5,13H2,1H3. The van der Waals surface area contributed by atoms with Crippen LogP contribution in [0.3, 0.4) is 0 Å². The van der Waals surface area contributed by atoms with E-state index in [1.54, 1.807) is 12.1 Å². The minimum Gasteiger partial charge on any atom is -0.214 e. The summed E-state index contributed by atoms with van der Waals surface area (Å²) in [7, 11) is 0.526. The fourth-order valence-electron chi connectivity index (χ4n) is 1.04. The maximum absolute atomic E-state index is 11.6. The van der Waals surface area contributed by atoms with Crippen LogP contribution in [0.25, 0.3) is 0 Å². The van der Waals surface area contributed by atoms with E-state index in [9.17, 15) is 8.42 Å². The van der Waals surface area contributed by atoms with Crippen LogP contribution in [0.2, 0.25) is 0 Å². The fourth-order valence-corrected chi connectivity index (χ4v) is 3.10. The van der Waals surface area contributed by atoms with Crippen LogP contribution in [0.5, 0.6) is 0 Å². The summed E-state index contributed by atoms with van der Waals surface area (Å²) in [5, 5.41) is 1.37. The summed E-state index contributed by atoms with van der Waals surface area (Å²) < 4.78 is 25.5. The summed E-state index contributed by atoms with van der Waals surface area (Å²) in [4.78, 5) is 0.323. The Morgan fingerprint density at radius 2 is 2.14 bits per heavy atom. The number of sulfonamides is 1. The molecule has 78 valence electrons. The Labute approximate surface area is 94.7 Å². The lowest BCUT2D eigenvalue weighted by molar-refractivity contribution is 0.587. The molecule has 1 aromatic carbocycles. The smallest absolute Gasteiger partial charge is 0.214 e. The van der Waals surface area contributed by atoms with E-state index in [0.29, 0.717) is 10.2 Å². The van der Waals surface area contributed by atoms with Crippen LogP contribution in [0.4, 0.5) is 0 Å². The monoisotopic (exact) mass is 295 g/mol. The normalized spacial score (nSPS) is 11.6. The van der Waals surface area contributed by atoms with E-state index in [1.807, 2.05) is 6.07 Å². The van der Waals surface area contributed by atoms with Gasteiger partial charge in [0.1, 0.15) is 0 Å². The third-order valence-electron chi connectivity index (χ3n) is 1.79. The molecule has 6 heteroatoms. The van der Waals surface area contributed by atoms with Crippen molar-refractivity contribution in [3.63, 3.8) is 0 Å². The predicted octanol–water partition coefficient (Wildman–Crippen LogP) is 0.990. The first-order valence-electron chi connectivity index (χ1n) is 3.89. The summed E-state index contributed by atoms with van der Waals surface area (Å²) >= 11 is 3.26. The second-order valence-corrected chi connectivity index (χ2v) is 5.79. The summed E-state index contributed by atoms with van der Waals surface area (Å²) in [6.07, 6.45) is 0. The van der Waals surface area contributed by atoms with Gasteiger partial charge in [0.25, 0.3) is 0 Å². The summed E-state index contributed by atoms with van der Waals surface area (Å²) in [5.74, 6) is 0. The minimum absolute atomic E-state index is 0.323. The highest BCUT2D eigenvalue weighted by atomic mass is 79.9. The molecule has 0 radical (unpaired) electrons. The van der Waals surface area contributed by atoms with Crippen molar-refractivity contribution in [2.45, 2.75) is 10.2 Å². The number of alkyl halides is 1. The Morgan fingerprint density at radius 3 is 2.64 bits per heavy atom. The Hall–Kier alpha value is 0.0400. The molecule has 1 rings (SSSR count). The molecule has 14 heavy (non-hydrogen) atoms. The second kappa shape index (κ2) is 4.71. The van der Waals surface area contributed by atoms with Crippen molar-refractivity contribution in [3.8, 4) is 0 Å². The molecule has 1 unspecified atom stereocenters. The molecule has 0 amide bonds. The summed E-state index contributed by atoms with van der Waals surface area (Å²) in [5.41, 5.74) is 0.755. The van der Waals surface area contributed by atoms with E-state index in [-0.39, 0.29) is 0 Å². The van der Waals surface area contributed by atoms with Gasteiger partial charge in [-0.2, -0.15) is 0 Å². The van der Waals surface area contributed by atoms with Gasteiger partial charge >= 0.3 is 0 Å². The van der Waals surface area contributed by atoms with Gasteiger partial charge in [-0.15, -0.1) is 9.24 Å². The van der Waals surface area contributed by atoms with Crippen molar-refractivity contribution in [2.24, 2.45) is 0 Å². The van der Waals surface area contributed by atoms with Gasteiger partial charge < -0.3 is 0 Å². The summed E-state index contributed by atoms with van der Waals surface area (Å²) in [6.45, 7) is 0. The molecule has 0 heterocycles. The van der Waals surface area contributed by atoms with Crippen LogP contribution in [-0.4, -0.2) is 15.5 Å². The zero-order valence-corrected chi connectivity index (χ0v) is 11.2. The highest BCUT2D eigenvalue weighted by molar-refractivity contribution is 9.08. The van der Waals surface area contributed by atoms with E-state index in [1.165, 1.54) is 7.05 Å². The van der Waals surface area contributed by atoms with E-state index >= 15 is 0 Å². The average Bonchev–Trinajstić information content (AvgIpc) is 2.18. The number of hydrogen-bond acceptors (Lipinski definition) is 2. The molecule has 0 fully saturated rings. The first kappa shape index (κ1) is 12.1. The topological polar surface area (TPSA) is 46.2 Å². The number of nitrogens with one attached hydrogen (secondary N) is 1. The fraction of sp³-hybridized carbons (Fsp3) is 0.250. The Morgan fingerprint density at radius 1 is 1.50 bits per heavy atom. The number of halogens is 1. The zero-order valence-electron chi connectivity index (χ0n) is 7.62. The van der Waals surface area contributed by atoms with Gasteiger partial charge in [0.15, 0.2) is 0 Å². The maximum Gasteiger partial charge on any atom is 0.240 e. The first-order chi connectivity index (χ1) is 6.51. The quantitative estimate of drug-likeness (QED) is 0.668. The molecule has 0 spiro atoms. The molecule has 0 aliphatic heterocycles. The van der Waals surface area contributed by atoms with Crippen molar-refractivity contribution >= 4 is 40.5 Å². The van der Waals surface area contributed by atoms with Gasteiger partial charge in [-0.1, -0.05) is 28.1 Å². The van der Waals surface area contributed by atoms with E-state index in [2.05, 4.69) is 29.9 Å². The number of benzene rings is 1. The van der Waals surface area contributed by atoms with Gasteiger partial charge in [-0.05, 0) is 24.0 Å². The zero-order chi connectivity index (χ0) is 10.8. The molecule has 1 aromatic rings. The van der Waals surface area contributed by atoms with Crippen molar-refractivity contribution < 1.29 is 8.42 Å². The lowest BCUT2D eigenvalue weighted by atomic mass is 10.2. The van der Waals surface area contributed by atoms with Gasteiger partial charge in [0.2, 0.25) is 10.0 Å². The molecule has 3 nitrogen and oxygen atoms in total. The molecular formula is C8H11BrNO2PS.